The van der Waals surface area contributed by atoms with E-state index in [0.717, 1.165) is 45.2 Å². The summed E-state index contributed by atoms with van der Waals surface area (Å²) >= 11 is 0. The first kappa shape index (κ1) is 12.8. The second kappa shape index (κ2) is 5.83. The second-order valence-corrected chi connectivity index (χ2v) is 5.15. The Morgan fingerprint density at radius 3 is 2.82 bits per heavy atom. The number of rotatable bonds is 3. The molecule has 0 spiro atoms. The SMILES string of the molecule is CCOC(=O)C1CCCN([C@@H]2CCC[C@H]2O)C1. The maximum Gasteiger partial charge on any atom is 0.310 e. The maximum atomic E-state index is 11.7. The van der Waals surface area contributed by atoms with Crippen molar-refractivity contribution >= 4 is 5.97 Å². The summed E-state index contributed by atoms with van der Waals surface area (Å²) in [5.41, 5.74) is 0. The second-order valence-electron chi connectivity index (χ2n) is 5.15. The first-order chi connectivity index (χ1) is 8.22. The van der Waals surface area contributed by atoms with E-state index in [9.17, 15) is 9.90 Å². The average Bonchev–Trinajstić information content (AvgIpc) is 2.76. The lowest BCUT2D eigenvalue weighted by molar-refractivity contribution is -0.150. The summed E-state index contributed by atoms with van der Waals surface area (Å²) in [5.74, 6) is -0.0545. The molecular formula is C13H23NO3. The van der Waals surface area contributed by atoms with Gasteiger partial charge in [0, 0.05) is 12.6 Å². The van der Waals surface area contributed by atoms with Crippen molar-refractivity contribution in [2.24, 2.45) is 5.92 Å². The zero-order chi connectivity index (χ0) is 12.3. The van der Waals surface area contributed by atoms with Gasteiger partial charge in [0.05, 0.1) is 18.6 Å². The summed E-state index contributed by atoms with van der Waals surface area (Å²) in [6.07, 6.45) is 4.84. The Labute approximate surface area is 103 Å². The zero-order valence-electron chi connectivity index (χ0n) is 10.6. The molecule has 2 rings (SSSR count). The molecule has 0 aromatic heterocycles. The van der Waals surface area contributed by atoms with Crippen LogP contribution in [0.15, 0.2) is 0 Å². The van der Waals surface area contributed by atoms with Gasteiger partial charge in [0.15, 0.2) is 0 Å². The Bertz CT molecular complexity index is 269. The summed E-state index contributed by atoms with van der Waals surface area (Å²) < 4.78 is 5.09. The fourth-order valence-corrected chi connectivity index (χ4v) is 3.11. The van der Waals surface area contributed by atoms with Crippen molar-refractivity contribution in [3.63, 3.8) is 0 Å². The molecule has 1 N–H and O–H groups in total. The fourth-order valence-electron chi connectivity index (χ4n) is 3.11. The van der Waals surface area contributed by atoms with Gasteiger partial charge < -0.3 is 9.84 Å². The molecule has 1 aliphatic carbocycles. The molecule has 1 saturated heterocycles. The molecule has 0 bridgehead atoms. The van der Waals surface area contributed by atoms with Crippen molar-refractivity contribution in [3.05, 3.63) is 0 Å². The highest BCUT2D eigenvalue weighted by Crippen LogP contribution is 2.28. The Morgan fingerprint density at radius 1 is 1.35 bits per heavy atom. The summed E-state index contributed by atoms with van der Waals surface area (Å²) in [4.78, 5) is 14.0. The number of carbonyl (C=O) groups is 1. The van der Waals surface area contributed by atoms with Gasteiger partial charge in [0.1, 0.15) is 0 Å². The fraction of sp³-hybridized carbons (Fsp3) is 0.923. The number of hydrogen-bond acceptors (Lipinski definition) is 4. The molecule has 0 aromatic carbocycles. The van der Waals surface area contributed by atoms with E-state index in [0.29, 0.717) is 6.61 Å². The largest absolute Gasteiger partial charge is 0.466 e. The highest BCUT2D eigenvalue weighted by molar-refractivity contribution is 5.72. The first-order valence-corrected chi connectivity index (χ1v) is 6.81. The molecular weight excluding hydrogens is 218 g/mol. The van der Waals surface area contributed by atoms with Crippen LogP contribution >= 0.6 is 0 Å². The lowest BCUT2D eigenvalue weighted by atomic mass is 9.96. The number of aliphatic hydroxyl groups excluding tert-OH is 1. The summed E-state index contributed by atoms with van der Waals surface area (Å²) in [7, 11) is 0. The number of aliphatic hydroxyl groups is 1. The van der Waals surface area contributed by atoms with Gasteiger partial charge in [-0.15, -0.1) is 0 Å². The van der Waals surface area contributed by atoms with Crippen LogP contribution in [0.1, 0.15) is 39.0 Å². The maximum absolute atomic E-state index is 11.7. The molecule has 1 aliphatic heterocycles. The van der Waals surface area contributed by atoms with E-state index in [-0.39, 0.29) is 24.0 Å². The van der Waals surface area contributed by atoms with Gasteiger partial charge in [-0.3, -0.25) is 9.69 Å². The van der Waals surface area contributed by atoms with Gasteiger partial charge in [0.25, 0.3) is 0 Å². The van der Waals surface area contributed by atoms with E-state index in [1.54, 1.807) is 0 Å². The van der Waals surface area contributed by atoms with E-state index < -0.39 is 0 Å². The molecule has 1 saturated carbocycles. The molecule has 2 fully saturated rings. The van der Waals surface area contributed by atoms with Crippen LogP contribution in [0.25, 0.3) is 0 Å². The standard InChI is InChI=1S/C13H23NO3/c1-2-17-13(16)10-5-4-8-14(9-10)11-6-3-7-12(11)15/h10-12,15H,2-9H2,1H3/t10?,11-,12-/m1/s1. The first-order valence-electron chi connectivity index (χ1n) is 6.81. The monoisotopic (exact) mass is 241 g/mol. The van der Waals surface area contributed by atoms with Gasteiger partial charge in [0.2, 0.25) is 0 Å². The quantitative estimate of drug-likeness (QED) is 0.754. The van der Waals surface area contributed by atoms with Crippen molar-refractivity contribution in [1.82, 2.24) is 4.90 Å². The molecule has 0 radical (unpaired) electrons. The Morgan fingerprint density at radius 2 is 2.18 bits per heavy atom. The van der Waals surface area contributed by atoms with E-state index >= 15 is 0 Å². The van der Waals surface area contributed by atoms with Crippen LogP contribution < -0.4 is 0 Å². The molecule has 17 heavy (non-hydrogen) atoms. The number of nitrogens with zero attached hydrogens (tertiary/aromatic N) is 1. The van der Waals surface area contributed by atoms with E-state index in [1.165, 1.54) is 0 Å². The van der Waals surface area contributed by atoms with Crippen LogP contribution in [0.4, 0.5) is 0 Å². The summed E-state index contributed by atoms with van der Waals surface area (Å²) in [6.45, 7) is 4.08. The smallest absolute Gasteiger partial charge is 0.310 e. The Hall–Kier alpha value is -0.610. The van der Waals surface area contributed by atoms with Crippen molar-refractivity contribution in [3.8, 4) is 0 Å². The number of hydrogen-bond donors (Lipinski definition) is 1. The Kier molecular flexibility index (Phi) is 4.40. The van der Waals surface area contributed by atoms with Gasteiger partial charge in [-0.25, -0.2) is 0 Å². The molecule has 2 aliphatic rings. The number of carbonyl (C=O) groups excluding carboxylic acids is 1. The lowest BCUT2D eigenvalue weighted by Crippen LogP contribution is -2.47. The summed E-state index contributed by atoms with van der Waals surface area (Å²) in [5, 5.41) is 9.91. The Balaban J connectivity index is 1.90. The van der Waals surface area contributed by atoms with Crippen molar-refractivity contribution in [1.29, 1.82) is 0 Å². The van der Waals surface area contributed by atoms with Crippen LogP contribution in [0.5, 0.6) is 0 Å². The van der Waals surface area contributed by atoms with Gasteiger partial charge in [-0.2, -0.15) is 0 Å². The number of esters is 1. The third-order valence-electron chi connectivity index (χ3n) is 3.99. The highest BCUT2D eigenvalue weighted by atomic mass is 16.5. The number of likely N-dealkylation sites (tertiary alicyclic amines) is 1. The van der Waals surface area contributed by atoms with E-state index in [4.69, 9.17) is 4.74 Å². The topological polar surface area (TPSA) is 49.8 Å². The third kappa shape index (κ3) is 2.99. The normalized spacial score (nSPS) is 34.8. The third-order valence-corrected chi connectivity index (χ3v) is 3.99. The average molecular weight is 241 g/mol. The minimum atomic E-state index is -0.198. The molecule has 98 valence electrons. The van der Waals surface area contributed by atoms with Crippen molar-refractivity contribution in [2.45, 2.75) is 51.2 Å². The lowest BCUT2D eigenvalue weighted by Gasteiger charge is -2.37. The molecule has 4 heteroatoms. The van der Waals surface area contributed by atoms with E-state index in [1.807, 2.05) is 6.92 Å². The molecule has 3 atom stereocenters. The summed E-state index contributed by atoms with van der Waals surface area (Å²) in [6, 6.07) is 0.271. The highest BCUT2D eigenvalue weighted by Gasteiger charge is 2.35. The minimum Gasteiger partial charge on any atom is -0.466 e. The van der Waals surface area contributed by atoms with Crippen LogP contribution in [-0.2, 0) is 9.53 Å². The number of piperidine rings is 1. The molecule has 0 aromatic rings. The number of ether oxygens (including phenoxy) is 1. The van der Waals surface area contributed by atoms with Crippen molar-refractivity contribution in [2.75, 3.05) is 19.7 Å². The minimum absolute atomic E-state index is 0.0106. The van der Waals surface area contributed by atoms with Crippen LogP contribution in [0, 0.1) is 5.92 Å². The molecule has 0 amide bonds. The predicted octanol–water partition coefficient (Wildman–Crippen LogP) is 1.17. The predicted molar refractivity (Wildman–Crippen MR) is 64.6 cm³/mol. The molecule has 1 heterocycles. The molecule has 1 unspecified atom stereocenters. The molecule has 4 nitrogen and oxygen atoms in total. The van der Waals surface area contributed by atoms with E-state index in [2.05, 4.69) is 4.90 Å². The van der Waals surface area contributed by atoms with Gasteiger partial charge in [-0.05, 0) is 45.6 Å². The zero-order valence-corrected chi connectivity index (χ0v) is 10.6. The van der Waals surface area contributed by atoms with Gasteiger partial charge in [-0.1, -0.05) is 0 Å². The van der Waals surface area contributed by atoms with Crippen LogP contribution in [0.3, 0.4) is 0 Å². The van der Waals surface area contributed by atoms with Crippen LogP contribution in [-0.4, -0.2) is 47.8 Å². The van der Waals surface area contributed by atoms with Crippen LogP contribution in [0.2, 0.25) is 0 Å². The van der Waals surface area contributed by atoms with Crippen molar-refractivity contribution < 1.29 is 14.6 Å². The van der Waals surface area contributed by atoms with Gasteiger partial charge >= 0.3 is 5.97 Å².